The van der Waals surface area contributed by atoms with Gasteiger partial charge in [0, 0.05) is 12.4 Å². The van der Waals surface area contributed by atoms with Crippen molar-refractivity contribution in [2.45, 2.75) is 18.2 Å². The Morgan fingerprint density at radius 1 is 1.44 bits per heavy atom. The molecule has 0 saturated heterocycles. The van der Waals surface area contributed by atoms with Crippen LogP contribution in [0, 0.1) is 12.7 Å². The quantitative estimate of drug-likeness (QED) is 0.654. The second-order valence-electron chi connectivity index (χ2n) is 3.35. The first-order chi connectivity index (χ1) is 7.47. The minimum absolute atomic E-state index is 0.0703. The van der Waals surface area contributed by atoms with Gasteiger partial charge in [0.1, 0.15) is 5.82 Å². The Kier molecular flexibility index (Phi) is 4.70. The van der Waals surface area contributed by atoms with Gasteiger partial charge in [-0.2, -0.15) is 0 Å². The third-order valence-corrected chi connectivity index (χ3v) is 3.77. The predicted octanol–water partition coefficient (Wildman–Crippen LogP) is 2.04. The number of alkyl halides is 1. The number of hydrogen-bond donors (Lipinski definition) is 1. The molecule has 0 aliphatic heterocycles. The van der Waals surface area contributed by atoms with Gasteiger partial charge in [0.25, 0.3) is 0 Å². The normalized spacial score (nSPS) is 11.7. The lowest BCUT2D eigenvalue weighted by molar-refractivity contribution is 0.579. The topological polar surface area (TPSA) is 46.2 Å². The maximum atomic E-state index is 13.0. The lowest BCUT2D eigenvalue weighted by Gasteiger charge is -2.06. The van der Waals surface area contributed by atoms with E-state index in [4.69, 9.17) is 11.6 Å². The molecule has 0 aliphatic rings. The highest BCUT2D eigenvalue weighted by atomic mass is 35.5. The van der Waals surface area contributed by atoms with Gasteiger partial charge in [-0.3, -0.25) is 0 Å². The minimum Gasteiger partial charge on any atom is -0.211 e. The maximum Gasteiger partial charge on any atom is 0.240 e. The van der Waals surface area contributed by atoms with Crippen molar-refractivity contribution in [2.24, 2.45) is 0 Å². The summed E-state index contributed by atoms with van der Waals surface area (Å²) in [6.07, 6.45) is 0.557. The van der Waals surface area contributed by atoms with Crippen LogP contribution in [0.3, 0.4) is 0 Å². The summed E-state index contributed by atoms with van der Waals surface area (Å²) in [6.45, 7) is 1.80. The summed E-state index contributed by atoms with van der Waals surface area (Å²) >= 11 is 5.44. The molecular weight excluding hydrogens is 253 g/mol. The van der Waals surface area contributed by atoms with Crippen LogP contribution >= 0.6 is 11.6 Å². The predicted molar refractivity (Wildman–Crippen MR) is 61.7 cm³/mol. The molecule has 1 N–H and O–H groups in total. The highest BCUT2D eigenvalue weighted by Crippen LogP contribution is 2.13. The van der Waals surface area contributed by atoms with Crippen molar-refractivity contribution in [3.05, 3.63) is 29.6 Å². The fourth-order valence-corrected chi connectivity index (χ4v) is 2.43. The Hall–Kier alpha value is -0.650. The first kappa shape index (κ1) is 13.4. The van der Waals surface area contributed by atoms with E-state index in [-0.39, 0.29) is 11.4 Å². The molecule has 1 aromatic rings. The van der Waals surface area contributed by atoms with E-state index < -0.39 is 15.8 Å². The standard InChI is InChI=1S/C10H13ClFNO2S/c1-8-7-9(3-4-10(8)12)16(14,15)13-6-2-5-11/h3-4,7,13H,2,5-6H2,1H3. The maximum absolute atomic E-state index is 13.0. The van der Waals surface area contributed by atoms with Crippen LogP contribution in [0.1, 0.15) is 12.0 Å². The highest BCUT2D eigenvalue weighted by Gasteiger charge is 2.14. The molecule has 1 aromatic carbocycles. The first-order valence-electron chi connectivity index (χ1n) is 4.79. The fraction of sp³-hybridized carbons (Fsp3) is 0.400. The average Bonchev–Trinajstić information content (AvgIpc) is 2.22. The zero-order valence-corrected chi connectivity index (χ0v) is 10.4. The molecular formula is C10H13ClFNO2S. The Balaban J connectivity index is 2.86. The number of nitrogens with one attached hydrogen (secondary N) is 1. The van der Waals surface area contributed by atoms with Crippen LogP contribution in [-0.4, -0.2) is 20.8 Å². The number of aryl methyl sites for hydroxylation is 1. The summed E-state index contributed by atoms with van der Waals surface area (Å²) in [5, 5.41) is 0. The van der Waals surface area contributed by atoms with Crippen molar-refractivity contribution >= 4 is 21.6 Å². The van der Waals surface area contributed by atoms with Gasteiger partial charge in [-0.25, -0.2) is 17.5 Å². The van der Waals surface area contributed by atoms with Gasteiger partial charge in [-0.15, -0.1) is 11.6 Å². The van der Waals surface area contributed by atoms with E-state index in [9.17, 15) is 12.8 Å². The third-order valence-electron chi connectivity index (χ3n) is 2.04. The Labute approximate surface area is 99.7 Å². The van der Waals surface area contributed by atoms with Crippen LogP contribution in [0.2, 0.25) is 0 Å². The number of halogens is 2. The Morgan fingerprint density at radius 3 is 2.69 bits per heavy atom. The summed E-state index contributed by atoms with van der Waals surface area (Å²) in [6, 6.07) is 3.69. The van der Waals surface area contributed by atoms with Crippen molar-refractivity contribution in [1.29, 1.82) is 0 Å². The molecule has 0 unspecified atom stereocenters. The van der Waals surface area contributed by atoms with E-state index in [0.29, 0.717) is 17.9 Å². The van der Waals surface area contributed by atoms with Crippen molar-refractivity contribution in [1.82, 2.24) is 4.72 Å². The van der Waals surface area contributed by atoms with Gasteiger partial charge in [-0.05, 0) is 37.1 Å². The number of hydrogen-bond acceptors (Lipinski definition) is 2. The fourth-order valence-electron chi connectivity index (χ4n) is 1.14. The molecule has 0 aliphatic carbocycles. The van der Waals surface area contributed by atoms with Gasteiger partial charge in [-0.1, -0.05) is 0 Å². The van der Waals surface area contributed by atoms with E-state index in [0.717, 1.165) is 6.07 Å². The van der Waals surface area contributed by atoms with Crippen LogP contribution in [-0.2, 0) is 10.0 Å². The summed E-state index contributed by atoms with van der Waals surface area (Å²) in [5.41, 5.74) is 0.306. The summed E-state index contributed by atoms with van der Waals surface area (Å²) < 4.78 is 38.7. The molecule has 0 spiro atoms. The van der Waals surface area contributed by atoms with Crippen molar-refractivity contribution < 1.29 is 12.8 Å². The molecule has 0 radical (unpaired) electrons. The minimum atomic E-state index is -3.55. The molecule has 0 bridgehead atoms. The largest absolute Gasteiger partial charge is 0.240 e. The Morgan fingerprint density at radius 2 is 2.12 bits per heavy atom. The molecule has 0 amide bonds. The van der Waals surface area contributed by atoms with Gasteiger partial charge in [0.05, 0.1) is 4.90 Å². The molecule has 6 heteroatoms. The first-order valence-corrected chi connectivity index (χ1v) is 6.81. The second kappa shape index (κ2) is 5.61. The number of sulfonamides is 1. The van der Waals surface area contributed by atoms with Gasteiger partial charge < -0.3 is 0 Å². The molecule has 0 fully saturated rings. The van der Waals surface area contributed by atoms with E-state index in [1.807, 2.05) is 0 Å². The molecule has 16 heavy (non-hydrogen) atoms. The smallest absolute Gasteiger partial charge is 0.211 e. The van der Waals surface area contributed by atoms with Crippen molar-refractivity contribution in [3.8, 4) is 0 Å². The summed E-state index contributed by atoms with van der Waals surface area (Å²) in [5.74, 6) is -0.0231. The van der Waals surface area contributed by atoms with Crippen molar-refractivity contribution in [2.75, 3.05) is 12.4 Å². The molecule has 3 nitrogen and oxygen atoms in total. The van der Waals surface area contributed by atoms with E-state index in [2.05, 4.69) is 4.72 Å². The second-order valence-corrected chi connectivity index (χ2v) is 5.50. The molecule has 0 heterocycles. The van der Waals surface area contributed by atoms with Gasteiger partial charge in [0.15, 0.2) is 0 Å². The van der Waals surface area contributed by atoms with Crippen molar-refractivity contribution in [3.63, 3.8) is 0 Å². The number of rotatable bonds is 5. The molecule has 90 valence electrons. The van der Waals surface area contributed by atoms with Gasteiger partial charge in [0.2, 0.25) is 10.0 Å². The molecule has 0 saturated carbocycles. The van der Waals surface area contributed by atoms with Crippen LogP contribution in [0.25, 0.3) is 0 Å². The monoisotopic (exact) mass is 265 g/mol. The van der Waals surface area contributed by atoms with E-state index >= 15 is 0 Å². The molecule has 1 rings (SSSR count). The van der Waals surface area contributed by atoms with Crippen LogP contribution in [0.5, 0.6) is 0 Å². The SMILES string of the molecule is Cc1cc(S(=O)(=O)NCCCCl)ccc1F. The lowest BCUT2D eigenvalue weighted by atomic mass is 10.2. The van der Waals surface area contributed by atoms with Crippen LogP contribution < -0.4 is 4.72 Å². The number of benzene rings is 1. The van der Waals surface area contributed by atoms with E-state index in [1.54, 1.807) is 0 Å². The summed E-state index contributed by atoms with van der Waals surface area (Å²) in [7, 11) is -3.55. The zero-order chi connectivity index (χ0) is 12.2. The van der Waals surface area contributed by atoms with Crippen LogP contribution in [0.15, 0.2) is 23.1 Å². The molecule has 0 atom stereocenters. The highest BCUT2D eigenvalue weighted by molar-refractivity contribution is 7.89. The van der Waals surface area contributed by atoms with E-state index in [1.165, 1.54) is 19.1 Å². The molecule has 0 aromatic heterocycles. The lowest BCUT2D eigenvalue weighted by Crippen LogP contribution is -2.25. The average molecular weight is 266 g/mol. The Bertz CT molecular complexity index is 462. The third kappa shape index (κ3) is 3.43. The summed E-state index contributed by atoms with van der Waals surface area (Å²) in [4.78, 5) is 0.0703. The zero-order valence-electron chi connectivity index (χ0n) is 8.83. The van der Waals surface area contributed by atoms with Crippen LogP contribution in [0.4, 0.5) is 4.39 Å². The van der Waals surface area contributed by atoms with Gasteiger partial charge >= 0.3 is 0 Å².